The van der Waals surface area contributed by atoms with Gasteiger partial charge >= 0.3 is 0 Å². The molecular weight excluding hydrogens is 160 g/mol. The lowest BCUT2D eigenvalue weighted by molar-refractivity contribution is 0.743. The topological polar surface area (TPSA) is 29.3 Å². The van der Waals surface area contributed by atoms with E-state index < -0.39 is 0 Å². The van der Waals surface area contributed by atoms with Crippen molar-refractivity contribution in [3.63, 3.8) is 0 Å². The molecule has 2 nitrogen and oxygen atoms in total. The van der Waals surface area contributed by atoms with Gasteiger partial charge in [-0.1, -0.05) is 18.2 Å². The molecule has 1 heterocycles. The van der Waals surface area contributed by atoms with E-state index in [4.69, 9.17) is 5.73 Å². The lowest BCUT2D eigenvalue weighted by Gasteiger charge is -2.20. The Morgan fingerprint density at radius 2 is 1.69 bits per heavy atom. The second kappa shape index (κ2) is 2.48. The fraction of sp³-hybridized carbons (Fsp3) is 0.455. The smallest absolute Gasteiger partial charge is 0.0366 e. The molecular formula is C11H14N2. The van der Waals surface area contributed by atoms with Gasteiger partial charge in [0.05, 0.1) is 0 Å². The number of fused-ring (bicyclic) bond motifs is 1. The molecule has 2 N–H and O–H groups in total. The SMILES string of the molecule is NC1[C@H]2CN(c3ccccc3)C[C@@H]12. The number of nitrogens with zero attached hydrogens (tertiary/aromatic N) is 1. The first kappa shape index (κ1) is 7.39. The molecule has 0 spiro atoms. The van der Waals surface area contributed by atoms with Crippen molar-refractivity contribution in [1.82, 2.24) is 0 Å². The molecule has 1 aromatic carbocycles. The van der Waals surface area contributed by atoms with Crippen molar-refractivity contribution in [2.75, 3.05) is 18.0 Å². The Labute approximate surface area is 78.3 Å². The first-order chi connectivity index (χ1) is 6.36. The van der Waals surface area contributed by atoms with Crippen LogP contribution in [-0.4, -0.2) is 19.1 Å². The molecule has 0 amide bonds. The van der Waals surface area contributed by atoms with Crippen LogP contribution in [0.25, 0.3) is 0 Å². The molecule has 1 unspecified atom stereocenters. The molecule has 13 heavy (non-hydrogen) atoms. The summed E-state index contributed by atoms with van der Waals surface area (Å²) in [6.45, 7) is 2.33. The van der Waals surface area contributed by atoms with Crippen LogP contribution in [0.2, 0.25) is 0 Å². The predicted octanol–water partition coefficient (Wildman–Crippen LogP) is 1.08. The fourth-order valence-corrected chi connectivity index (χ4v) is 2.42. The van der Waals surface area contributed by atoms with Crippen molar-refractivity contribution >= 4 is 5.69 Å². The van der Waals surface area contributed by atoms with E-state index in [9.17, 15) is 0 Å². The van der Waals surface area contributed by atoms with Crippen molar-refractivity contribution in [2.45, 2.75) is 6.04 Å². The minimum Gasteiger partial charge on any atom is -0.371 e. The van der Waals surface area contributed by atoms with Crippen LogP contribution in [-0.2, 0) is 0 Å². The molecule has 2 heteroatoms. The fourth-order valence-electron chi connectivity index (χ4n) is 2.42. The van der Waals surface area contributed by atoms with E-state index in [0.29, 0.717) is 6.04 Å². The highest BCUT2D eigenvalue weighted by Crippen LogP contribution is 2.45. The van der Waals surface area contributed by atoms with Crippen LogP contribution in [0.15, 0.2) is 30.3 Å². The zero-order valence-corrected chi connectivity index (χ0v) is 7.56. The number of hydrogen-bond acceptors (Lipinski definition) is 2. The molecule has 3 rings (SSSR count). The summed E-state index contributed by atoms with van der Waals surface area (Å²) < 4.78 is 0. The quantitative estimate of drug-likeness (QED) is 0.690. The summed E-state index contributed by atoms with van der Waals surface area (Å²) in [5.41, 5.74) is 7.23. The molecule has 0 bridgehead atoms. The molecule has 1 saturated carbocycles. The maximum atomic E-state index is 5.89. The van der Waals surface area contributed by atoms with Crippen LogP contribution in [0, 0.1) is 11.8 Å². The maximum absolute atomic E-state index is 5.89. The predicted molar refractivity (Wildman–Crippen MR) is 53.6 cm³/mol. The first-order valence-electron chi connectivity index (χ1n) is 4.92. The average molecular weight is 174 g/mol. The highest BCUT2D eigenvalue weighted by Gasteiger charge is 2.53. The molecule has 2 fully saturated rings. The molecule has 1 aliphatic heterocycles. The van der Waals surface area contributed by atoms with E-state index in [1.807, 2.05) is 0 Å². The molecule has 0 aromatic heterocycles. The number of hydrogen-bond donors (Lipinski definition) is 1. The lowest BCUT2D eigenvalue weighted by Crippen LogP contribution is -2.27. The Morgan fingerprint density at radius 3 is 2.31 bits per heavy atom. The summed E-state index contributed by atoms with van der Waals surface area (Å²) in [4.78, 5) is 2.44. The summed E-state index contributed by atoms with van der Waals surface area (Å²) in [6.07, 6.45) is 0. The first-order valence-corrected chi connectivity index (χ1v) is 4.92. The second-order valence-electron chi connectivity index (χ2n) is 4.15. The Kier molecular flexibility index (Phi) is 1.41. The van der Waals surface area contributed by atoms with Gasteiger partial charge in [0, 0.05) is 24.8 Å². The van der Waals surface area contributed by atoms with Crippen molar-refractivity contribution in [2.24, 2.45) is 17.6 Å². The minimum atomic E-state index is 0.500. The van der Waals surface area contributed by atoms with Gasteiger partial charge in [-0.15, -0.1) is 0 Å². The third-order valence-electron chi connectivity index (χ3n) is 3.38. The van der Waals surface area contributed by atoms with Crippen LogP contribution >= 0.6 is 0 Å². The lowest BCUT2D eigenvalue weighted by atomic mass is 10.3. The maximum Gasteiger partial charge on any atom is 0.0366 e. The van der Waals surface area contributed by atoms with E-state index >= 15 is 0 Å². The van der Waals surface area contributed by atoms with Gasteiger partial charge < -0.3 is 10.6 Å². The van der Waals surface area contributed by atoms with E-state index in [0.717, 1.165) is 24.9 Å². The number of para-hydroxylation sites is 1. The van der Waals surface area contributed by atoms with E-state index in [1.54, 1.807) is 0 Å². The molecule has 3 atom stereocenters. The van der Waals surface area contributed by atoms with Crippen LogP contribution in [0.3, 0.4) is 0 Å². The van der Waals surface area contributed by atoms with E-state index in [1.165, 1.54) is 5.69 Å². The number of rotatable bonds is 1. The van der Waals surface area contributed by atoms with Gasteiger partial charge in [-0.05, 0) is 24.0 Å². The monoisotopic (exact) mass is 174 g/mol. The Morgan fingerprint density at radius 1 is 1.08 bits per heavy atom. The standard InChI is InChI=1S/C11H14N2/c12-11-9-6-13(7-10(9)11)8-4-2-1-3-5-8/h1-5,9-11H,6-7,12H2/t9-,10+,11?. The van der Waals surface area contributed by atoms with Crippen molar-refractivity contribution in [3.8, 4) is 0 Å². The third-order valence-corrected chi connectivity index (χ3v) is 3.38. The van der Waals surface area contributed by atoms with E-state index in [2.05, 4.69) is 35.2 Å². The summed E-state index contributed by atoms with van der Waals surface area (Å²) in [5.74, 6) is 1.56. The van der Waals surface area contributed by atoms with Crippen LogP contribution in [0.5, 0.6) is 0 Å². The number of nitrogens with two attached hydrogens (primary N) is 1. The van der Waals surface area contributed by atoms with Crippen molar-refractivity contribution < 1.29 is 0 Å². The van der Waals surface area contributed by atoms with Crippen LogP contribution in [0.4, 0.5) is 5.69 Å². The highest BCUT2D eigenvalue weighted by molar-refractivity contribution is 5.48. The van der Waals surface area contributed by atoms with Gasteiger partial charge in [0.25, 0.3) is 0 Å². The van der Waals surface area contributed by atoms with Gasteiger partial charge in [-0.2, -0.15) is 0 Å². The Bertz CT molecular complexity index is 297. The zero-order chi connectivity index (χ0) is 8.84. The van der Waals surface area contributed by atoms with Gasteiger partial charge in [-0.25, -0.2) is 0 Å². The normalized spacial score (nSPS) is 36.1. The van der Waals surface area contributed by atoms with Crippen molar-refractivity contribution in [3.05, 3.63) is 30.3 Å². The summed E-state index contributed by atoms with van der Waals surface area (Å²) in [6, 6.07) is 11.1. The number of benzene rings is 1. The zero-order valence-electron chi connectivity index (χ0n) is 7.56. The third kappa shape index (κ3) is 1.05. The summed E-state index contributed by atoms with van der Waals surface area (Å²) >= 11 is 0. The summed E-state index contributed by atoms with van der Waals surface area (Å²) in [7, 11) is 0. The molecule has 0 radical (unpaired) electrons. The number of piperidine rings is 1. The van der Waals surface area contributed by atoms with Crippen LogP contribution in [0.1, 0.15) is 0 Å². The summed E-state index contributed by atoms with van der Waals surface area (Å²) in [5, 5.41) is 0. The average Bonchev–Trinajstić information content (AvgIpc) is 2.67. The second-order valence-corrected chi connectivity index (χ2v) is 4.15. The Balaban J connectivity index is 1.76. The minimum absolute atomic E-state index is 0.500. The number of anilines is 1. The Hall–Kier alpha value is -1.02. The molecule has 1 saturated heterocycles. The highest BCUT2D eigenvalue weighted by atomic mass is 15.2. The van der Waals surface area contributed by atoms with Gasteiger partial charge in [0.15, 0.2) is 0 Å². The van der Waals surface area contributed by atoms with Gasteiger partial charge in [0.1, 0.15) is 0 Å². The molecule has 1 aliphatic carbocycles. The largest absolute Gasteiger partial charge is 0.371 e. The van der Waals surface area contributed by atoms with E-state index in [-0.39, 0.29) is 0 Å². The molecule has 1 aromatic rings. The van der Waals surface area contributed by atoms with Crippen molar-refractivity contribution in [1.29, 1.82) is 0 Å². The van der Waals surface area contributed by atoms with Gasteiger partial charge in [0.2, 0.25) is 0 Å². The van der Waals surface area contributed by atoms with Crippen LogP contribution < -0.4 is 10.6 Å². The molecule has 2 aliphatic rings. The molecule has 68 valence electrons. The van der Waals surface area contributed by atoms with Gasteiger partial charge in [-0.3, -0.25) is 0 Å².